The topological polar surface area (TPSA) is 55.8 Å². The van der Waals surface area contributed by atoms with E-state index in [1.54, 1.807) is 0 Å². The number of allylic oxidation sites excluding steroid dienone is 2. The maximum Gasteiger partial charge on any atom is 0.303 e. The number of carboxylic acids is 1. The number of hydrogen-bond donors (Lipinski definition) is 1. The van der Waals surface area contributed by atoms with Gasteiger partial charge in [-0.15, -0.1) is 0 Å². The Hall–Kier alpha value is -2.43. The minimum atomic E-state index is -0.721. The van der Waals surface area contributed by atoms with E-state index >= 15 is 0 Å². The van der Waals surface area contributed by atoms with E-state index in [-0.39, 0.29) is 17.9 Å². The molecule has 2 aromatic carbocycles. The number of fused-ring (bicyclic) bond motifs is 2. The largest absolute Gasteiger partial charge is 0.481 e. The summed E-state index contributed by atoms with van der Waals surface area (Å²) in [4.78, 5) is 10.7. The number of hydrogen-bond acceptors (Lipinski definition) is 3. The summed E-state index contributed by atoms with van der Waals surface area (Å²) in [5.74, 6) is 0.175. The molecule has 1 aliphatic carbocycles. The lowest BCUT2D eigenvalue weighted by Gasteiger charge is -2.39. The van der Waals surface area contributed by atoms with E-state index in [2.05, 4.69) is 54.6 Å². The van der Waals surface area contributed by atoms with Crippen molar-refractivity contribution in [3.8, 4) is 0 Å². The van der Waals surface area contributed by atoms with Crippen LogP contribution in [0.2, 0.25) is 0 Å². The van der Waals surface area contributed by atoms with Crippen LogP contribution in [-0.4, -0.2) is 30.4 Å². The number of unbranched alkanes of at least 4 members (excludes halogenated alkanes) is 1. The number of aliphatic carboxylic acids is 1. The molecule has 2 aromatic rings. The van der Waals surface area contributed by atoms with Crippen LogP contribution in [0.4, 0.5) is 0 Å². The van der Waals surface area contributed by atoms with Crippen molar-refractivity contribution in [1.29, 1.82) is 0 Å². The van der Waals surface area contributed by atoms with E-state index in [9.17, 15) is 4.79 Å². The first-order valence-electron chi connectivity index (χ1n) is 11.8. The smallest absolute Gasteiger partial charge is 0.303 e. The first-order valence-corrected chi connectivity index (χ1v) is 11.8. The highest BCUT2D eigenvalue weighted by molar-refractivity contribution is 5.66. The summed E-state index contributed by atoms with van der Waals surface area (Å²) < 4.78 is 12.5. The second-order valence-electron chi connectivity index (χ2n) is 9.34. The fraction of sp³-hybridized carbons (Fsp3) is 0.464. The summed E-state index contributed by atoms with van der Waals surface area (Å²) in [6, 6.07) is 21.1. The Balaban J connectivity index is 1.42. The molecule has 0 radical (unpaired) electrons. The highest BCUT2D eigenvalue weighted by Crippen LogP contribution is 2.57. The second-order valence-corrected chi connectivity index (χ2v) is 9.34. The SMILES string of the molecule is O=C(O)CCC/C=C/C[C@@H]1[C@@H](COCc2ccccc2)C2CC1(Cc1ccccc1)CO2. The summed E-state index contributed by atoms with van der Waals surface area (Å²) in [6.45, 7) is 2.17. The molecule has 2 unspecified atom stereocenters. The number of ether oxygens (including phenoxy) is 2. The van der Waals surface area contributed by atoms with Crippen LogP contribution in [0.5, 0.6) is 0 Å². The quantitative estimate of drug-likeness (QED) is 0.345. The third kappa shape index (κ3) is 5.67. The maximum absolute atomic E-state index is 10.7. The van der Waals surface area contributed by atoms with E-state index in [0.717, 1.165) is 32.3 Å². The Labute approximate surface area is 191 Å². The third-order valence-corrected chi connectivity index (χ3v) is 7.11. The Bertz CT molecular complexity index is 879. The molecule has 2 bridgehead atoms. The zero-order valence-electron chi connectivity index (χ0n) is 18.7. The normalized spacial score (nSPS) is 26.7. The van der Waals surface area contributed by atoms with Gasteiger partial charge in [-0.2, -0.15) is 0 Å². The van der Waals surface area contributed by atoms with Gasteiger partial charge in [-0.1, -0.05) is 72.8 Å². The van der Waals surface area contributed by atoms with Gasteiger partial charge < -0.3 is 14.6 Å². The van der Waals surface area contributed by atoms with Gasteiger partial charge in [0.2, 0.25) is 0 Å². The molecule has 0 spiro atoms. The molecule has 170 valence electrons. The minimum Gasteiger partial charge on any atom is -0.481 e. The Morgan fingerprint density at radius 3 is 2.50 bits per heavy atom. The van der Waals surface area contributed by atoms with Crippen LogP contribution in [0.15, 0.2) is 72.8 Å². The molecule has 4 atom stereocenters. The van der Waals surface area contributed by atoms with Crippen molar-refractivity contribution in [3.63, 3.8) is 0 Å². The van der Waals surface area contributed by atoms with Crippen LogP contribution in [0, 0.1) is 17.3 Å². The average molecular weight is 435 g/mol. The Kier molecular flexibility index (Phi) is 7.77. The molecule has 0 amide bonds. The molecule has 4 nitrogen and oxygen atoms in total. The first-order chi connectivity index (χ1) is 15.7. The van der Waals surface area contributed by atoms with Crippen molar-refractivity contribution in [2.75, 3.05) is 13.2 Å². The van der Waals surface area contributed by atoms with Crippen LogP contribution < -0.4 is 0 Å². The Morgan fingerprint density at radius 2 is 1.78 bits per heavy atom. The zero-order valence-corrected chi connectivity index (χ0v) is 18.7. The summed E-state index contributed by atoms with van der Waals surface area (Å²) in [5, 5.41) is 8.84. The van der Waals surface area contributed by atoms with Crippen molar-refractivity contribution in [2.45, 2.75) is 51.2 Å². The van der Waals surface area contributed by atoms with Crippen molar-refractivity contribution < 1.29 is 19.4 Å². The predicted octanol–water partition coefficient (Wildman–Crippen LogP) is 5.67. The van der Waals surface area contributed by atoms with E-state index in [1.165, 1.54) is 11.1 Å². The van der Waals surface area contributed by atoms with Gasteiger partial charge in [-0.25, -0.2) is 0 Å². The van der Waals surface area contributed by atoms with Crippen molar-refractivity contribution >= 4 is 5.97 Å². The number of rotatable bonds is 12. The van der Waals surface area contributed by atoms with Gasteiger partial charge in [0.25, 0.3) is 0 Å². The van der Waals surface area contributed by atoms with E-state index in [0.29, 0.717) is 31.5 Å². The number of benzene rings is 2. The molecule has 1 saturated heterocycles. The maximum atomic E-state index is 10.7. The summed E-state index contributed by atoms with van der Waals surface area (Å²) >= 11 is 0. The molecule has 1 saturated carbocycles. The van der Waals surface area contributed by atoms with Crippen molar-refractivity contribution in [3.05, 3.63) is 83.9 Å². The third-order valence-electron chi connectivity index (χ3n) is 7.11. The van der Waals surface area contributed by atoms with Crippen molar-refractivity contribution in [2.24, 2.45) is 17.3 Å². The highest BCUT2D eigenvalue weighted by Gasteiger charge is 2.58. The second kappa shape index (κ2) is 10.9. The molecule has 4 rings (SSSR count). The summed E-state index contributed by atoms with van der Waals surface area (Å²) in [6.07, 6.45) is 9.57. The van der Waals surface area contributed by atoms with Gasteiger partial charge in [0.15, 0.2) is 0 Å². The van der Waals surface area contributed by atoms with Gasteiger partial charge in [-0.3, -0.25) is 4.79 Å². The average Bonchev–Trinajstić information content (AvgIpc) is 3.34. The van der Waals surface area contributed by atoms with Gasteiger partial charge in [0.1, 0.15) is 0 Å². The lowest BCUT2D eigenvalue weighted by atomic mass is 9.70. The summed E-state index contributed by atoms with van der Waals surface area (Å²) in [7, 11) is 0. The molecular weight excluding hydrogens is 400 g/mol. The fourth-order valence-corrected chi connectivity index (χ4v) is 5.56. The first kappa shape index (κ1) is 22.8. The molecule has 0 aromatic heterocycles. The molecule has 1 N–H and O–H groups in total. The minimum absolute atomic E-state index is 0.151. The van der Waals surface area contributed by atoms with E-state index in [4.69, 9.17) is 14.6 Å². The number of carboxylic acid groups (broad SMARTS) is 1. The van der Waals surface area contributed by atoms with Gasteiger partial charge in [0.05, 0.1) is 25.9 Å². The molecule has 2 fully saturated rings. The van der Waals surface area contributed by atoms with Gasteiger partial charge >= 0.3 is 5.97 Å². The molecular formula is C28H34O4. The van der Waals surface area contributed by atoms with Crippen LogP contribution in [0.1, 0.15) is 43.2 Å². The lowest BCUT2D eigenvalue weighted by Crippen LogP contribution is -2.39. The lowest BCUT2D eigenvalue weighted by molar-refractivity contribution is -0.137. The molecule has 4 heteroatoms. The molecule has 1 aliphatic heterocycles. The van der Waals surface area contributed by atoms with Gasteiger partial charge in [0, 0.05) is 17.8 Å². The summed E-state index contributed by atoms with van der Waals surface area (Å²) in [5.41, 5.74) is 2.72. The predicted molar refractivity (Wildman–Crippen MR) is 125 cm³/mol. The zero-order chi connectivity index (χ0) is 22.2. The standard InChI is InChI=1S/C28H34O4/c29-27(30)16-10-2-1-9-15-25-24(20-31-19-23-13-7-4-8-14-23)26-18-28(25,21-32-26)17-22-11-5-3-6-12-22/h1,3-9,11-14,24-26H,2,10,15-21H2,(H,29,30)/b9-1+/t24-,25-,26?,28?/m1/s1. The van der Waals surface area contributed by atoms with Gasteiger partial charge in [-0.05, 0) is 49.1 Å². The van der Waals surface area contributed by atoms with Crippen LogP contribution in [0.3, 0.4) is 0 Å². The molecule has 2 aliphatic rings. The van der Waals surface area contributed by atoms with Crippen LogP contribution >= 0.6 is 0 Å². The van der Waals surface area contributed by atoms with Crippen LogP contribution in [-0.2, 0) is 27.3 Å². The monoisotopic (exact) mass is 434 g/mol. The fourth-order valence-electron chi connectivity index (χ4n) is 5.56. The Morgan fingerprint density at radius 1 is 1.06 bits per heavy atom. The van der Waals surface area contributed by atoms with Crippen molar-refractivity contribution in [1.82, 2.24) is 0 Å². The highest BCUT2D eigenvalue weighted by atomic mass is 16.5. The van der Waals surface area contributed by atoms with E-state index < -0.39 is 5.97 Å². The van der Waals surface area contributed by atoms with E-state index in [1.807, 2.05) is 18.2 Å². The molecule has 1 heterocycles. The molecule has 32 heavy (non-hydrogen) atoms. The van der Waals surface area contributed by atoms with Crippen LogP contribution in [0.25, 0.3) is 0 Å². The number of carbonyl (C=O) groups is 1.